The van der Waals surface area contributed by atoms with Crippen LogP contribution < -0.4 is 10.1 Å². The first-order chi connectivity index (χ1) is 9.33. The third-order valence-corrected chi connectivity index (χ3v) is 2.91. The quantitative estimate of drug-likeness (QED) is 0.613. The van der Waals surface area contributed by atoms with Gasteiger partial charge in [-0.15, -0.1) is 0 Å². The summed E-state index contributed by atoms with van der Waals surface area (Å²) in [5, 5.41) is 14.3. The van der Waals surface area contributed by atoms with Gasteiger partial charge < -0.3 is 10.1 Å². The molecule has 1 aromatic rings. The second-order valence-corrected chi connectivity index (χ2v) is 6.00. The molecule has 0 unspecified atom stereocenters. The number of benzene rings is 1. The van der Waals surface area contributed by atoms with Crippen LogP contribution in [0.3, 0.4) is 0 Å². The van der Waals surface area contributed by atoms with Gasteiger partial charge in [-0.05, 0) is 30.0 Å². The summed E-state index contributed by atoms with van der Waals surface area (Å²) in [5.41, 5.74) is 1.08. The highest BCUT2D eigenvalue weighted by Gasteiger charge is 2.17. The summed E-state index contributed by atoms with van der Waals surface area (Å²) in [6.07, 6.45) is 0.850. The molecule has 0 heterocycles. The SMILES string of the molecule is CCNCc1ccc(OCCC(C)(C)C)c([N+](=O)[O-])c1. The topological polar surface area (TPSA) is 64.4 Å². The van der Waals surface area contributed by atoms with Crippen molar-refractivity contribution in [2.45, 2.75) is 40.7 Å². The lowest BCUT2D eigenvalue weighted by Crippen LogP contribution is -2.13. The highest BCUT2D eigenvalue weighted by Crippen LogP contribution is 2.29. The molecule has 1 rings (SSSR count). The molecular weight excluding hydrogens is 256 g/mol. The third kappa shape index (κ3) is 5.57. The van der Waals surface area contributed by atoms with Crippen molar-refractivity contribution in [2.75, 3.05) is 13.2 Å². The predicted molar refractivity (Wildman–Crippen MR) is 80.0 cm³/mol. The Bertz CT molecular complexity index is 453. The van der Waals surface area contributed by atoms with Gasteiger partial charge in [0.1, 0.15) is 0 Å². The van der Waals surface area contributed by atoms with E-state index in [1.165, 1.54) is 0 Å². The van der Waals surface area contributed by atoms with Crippen LogP contribution in [0.2, 0.25) is 0 Å². The Hall–Kier alpha value is -1.62. The number of hydrogen-bond donors (Lipinski definition) is 1. The van der Waals surface area contributed by atoms with Crippen LogP contribution in [-0.4, -0.2) is 18.1 Å². The first kappa shape index (κ1) is 16.4. The van der Waals surface area contributed by atoms with Crippen molar-refractivity contribution >= 4 is 5.69 Å². The number of nitro benzene ring substituents is 1. The van der Waals surface area contributed by atoms with E-state index in [0.29, 0.717) is 18.9 Å². The maximum Gasteiger partial charge on any atom is 0.311 e. The summed E-state index contributed by atoms with van der Waals surface area (Å²) in [7, 11) is 0. The van der Waals surface area contributed by atoms with Gasteiger partial charge in [0.25, 0.3) is 0 Å². The zero-order valence-corrected chi connectivity index (χ0v) is 12.7. The molecule has 0 saturated carbocycles. The second-order valence-electron chi connectivity index (χ2n) is 6.00. The minimum atomic E-state index is -0.387. The minimum absolute atomic E-state index is 0.0364. The molecular formula is C15H24N2O3. The predicted octanol–water partition coefficient (Wildman–Crippen LogP) is 3.52. The number of nitro groups is 1. The fourth-order valence-corrected chi connectivity index (χ4v) is 1.67. The van der Waals surface area contributed by atoms with Crippen LogP contribution >= 0.6 is 0 Å². The largest absolute Gasteiger partial charge is 0.487 e. The van der Waals surface area contributed by atoms with Crippen LogP contribution in [0.15, 0.2) is 18.2 Å². The van der Waals surface area contributed by atoms with E-state index in [0.717, 1.165) is 18.5 Å². The molecule has 1 N–H and O–H groups in total. The smallest absolute Gasteiger partial charge is 0.311 e. The monoisotopic (exact) mass is 280 g/mol. The molecule has 112 valence electrons. The zero-order chi connectivity index (χ0) is 15.2. The maximum absolute atomic E-state index is 11.1. The summed E-state index contributed by atoms with van der Waals surface area (Å²) in [6, 6.07) is 5.13. The Labute approximate surface area is 120 Å². The summed E-state index contributed by atoms with van der Waals surface area (Å²) in [4.78, 5) is 10.7. The number of hydrogen-bond acceptors (Lipinski definition) is 4. The van der Waals surface area contributed by atoms with E-state index in [-0.39, 0.29) is 16.0 Å². The molecule has 0 fully saturated rings. The molecule has 0 bridgehead atoms. The average molecular weight is 280 g/mol. The van der Waals surface area contributed by atoms with Crippen molar-refractivity contribution in [1.82, 2.24) is 5.32 Å². The first-order valence-electron chi connectivity index (χ1n) is 6.94. The lowest BCUT2D eigenvalue weighted by molar-refractivity contribution is -0.385. The van der Waals surface area contributed by atoms with E-state index >= 15 is 0 Å². The molecule has 20 heavy (non-hydrogen) atoms. The van der Waals surface area contributed by atoms with Crippen molar-refractivity contribution < 1.29 is 9.66 Å². The lowest BCUT2D eigenvalue weighted by Gasteiger charge is -2.18. The Morgan fingerprint density at radius 1 is 1.35 bits per heavy atom. The van der Waals surface area contributed by atoms with E-state index in [9.17, 15) is 10.1 Å². The van der Waals surface area contributed by atoms with Gasteiger partial charge >= 0.3 is 5.69 Å². The van der Waals surface area contributed by atoms with Crippen LogP contribution in [0.1, 0.15) is 39.7 Å². The Balaban J connectivity index is 2.77. The molecule has 0 saturated heterocycles. The van der Waals surface area contributed by atoms with Crippen LogP contribution in [-0.2, 0) is 6.54 Å². The molecule has 0 aliphatic rings. The van der Waals surface area contributed by atoms with E-state index in [1.807, 2.05) is 13.0 Å². The molecule has 0 atom stereocenters. The summed E-state index contributed by atoms with van der Waals surface area (Å²) in [6.45, 7) is 10.3. The van der Waals surface area contributed by atoms with Crippen molar-refractivity contribution in [3.8, 4) is 5.75 Å². The van der Waals surface area contributed by atoms with E-state index in [2.05, 4.69) is 26.1 Å². The molecule has 0 aliphatic heterocycles. The van der Waals surface area contributed by atoms with Gasteiger partial charge in [-0.3, -0.25) is 10.1 Å². The lowest BCUT2D eigenvalue weighted by atomic mass is 9.93. The molecule has 0 amide bonds. The highest BCUT2D eigenvalue weighted by molar-refractivity contribution is 5.48. The number of nitrogens with zero attached hydrogens (tertiary/aromatic N) is 1. The number of ether oxygens (including phenoxy) is 1. The minimum Gasteiger partial charge on any atom is -0.487 e. The van der Waals surface area contributed by atoms with Crippen LogP contribution in [0.25, 0.3) is 0 Å². The van der Waals surface area contributed by atoms with Gasteiger partial charge in [0.15, 0.2) is 5.75 Å². The highest BCUT2D eigenvalue weighted by atomic mass is 16.6. The normalized spacial score (nSPS) is 11.4. The van der Waals surface area contributed by atoms with E-state index in [1.54, 1.807) is 12.1 Å². The molecule has 0 spiro atoms. The maximum atomic E-state index is 11.1. The zero-order valence-electron chi connectivity index (χ0n) is 12.7. The van der Waals surface area contributed by atoms with Crippen LogP contribution in [0.5, 0.6) is 5.75 Å². The molecule has 1 aromatic carbocycles. The van der Waals surface area contributed by atoms with Crippen LogP contribution in [0.4, 0.5) is 5.69 Å². The van der Waals surface area contributed by atoms with Crippen molar-refractivity contribution in [3.63, 3.8) is 0 Å². The van der Waals surface area contributed by atoms with Gasteiger partial charge in [0, 0.05) is 12.6 Å². The van der Waals surface area contributed by atoms with Gasteiger partial charge in [-0.2, -0.15) is 0 Å². The van der Waals surface area contributed by atoms with Crippen LogP contribution in [0, 0.1) is 15.5 Å². The van der Waals surface area contributed by atoms with E-state index < -0.39 is 0 Å². The summed E-state index contributed by atoms with van der Waals surface area (Å²) >= 11 is 0. The fraction of sp³-hybridized carbons (Fsp3) is 0.600. The van der Waals surface area contributed by atoms with Crippen molar-refractivity contribution in [1.29, 1.82) is 0 Å². The molecule has 0 aromatic heterocycles. The van der Waals surface area contributed by atoms with Crippen molar-refractivity contribution in [2.24, 2.45) is 5.41 Å². The van der Waals surface area contributed by atoms with E-state index in [4.69, 9.17) is 4.74 Å². The standard InChI is InChI=1S/C15H24N2O3/c1-5-16-11-12-6-7-14(13(10-12)17(18)19)20-9-8-15(2,3)4/h6-7,10,16H,5,8-9,11H2,1-4H3. The van der Waals surface area contributed by atoms with Gasteiger partial charge in [0.2, 0.25) is 0 Å². The first-order valence-corrected chi connectivity index (χ1v) is 6.94. The Morgan fingerprint density at radius 3 is 2.60 bits per heavy atom. The second kappa shape index (κ2) is 7.24. The third-order valence-electron chi connectivity index (χ3n) is 2.91. The Morgan fingerprint density at radius 2 is 2.05 bits per heavy atom. The number of rotatable bonds is 7. The Kier molecular flexibility index (Phi) is 5.95. The van der Waals surface area contributed by atoms with Crippen molar-refractivity contribution in [3.05, 3.63) is 33.9 Å². The summed E-state index contributed by atoms with van der Waals surface area (Å²) < 4.78 is 5.57. The van der Waals surface area contributed by atoms with Gasteiger partial charge in [-0.1, -0.05) is 33.8 Å². The number of nitrogens with one attached hydrogen (secondary N) is 1. The molecule has 5 nitrogen and oxygen atoms in total. The average Bonchev–Trinajstić information content (AvgIpc) is 2.35. The summed E-state index contributed by atoms with van der Waals surface area (Å²) in [5.74, 6) is 0.347. The fourth-order valence-electron chi connectivity index (χ4n) is 1.67. The molecule has 0 radical (unpaired) electrons. The molecule has 0 aliphatic carbocycles. The molecule has 5 heteroatoms. The van der Waals surface area contributed by atoms with Gasteiger partial charge in [0.05, 0.1) is 11.5 Å². The van der Waals surface area contributed by atoms with Gasteiger partial charge in [-0.25, -0.2) is 0 Å².